The molecule has 0 saturated carbocycles. The van der Waals surface area contributed by atoms with Crippen LogP contribution in [-0.4, -0.2) is 91.2 Å². The van der Waals surface area contributed by atoms with E-state index in [1.807, 2.05) is 61.7 Å². The summed E-state index contributed by atoms with van der Waals surface area (Å²) >= 11 is 0. The number of nitrogens with one attached hydrogen (secondary N) is 3. The smallest absolute Gasteiger partial charge is 0.244 e. The van der Waals surface area contributed by atoms with Crippen molar-refractivity contribution in [2.45, 2.75) is 24.5 Å². The van der Waals surface area contributed by atoms with Gasteiger partial charge in [-0.3, -0.25) is 9.69 Å². The van der Waals surface area contributed by atoms with Gasteiger partial charge in [-0.25, -0.2) is 22.8 Å². The van der Waals surface area contributed by atoms with Gasteiger partial charge >= 0.3 is 0 Å². The SMILES string of the molecule is Cc1cnc(Nc2cccc(S(C)(=O)=O)c2F)nc1-c1c[nH]c2c(NC(=O)C(COCc3ccccc3)N3CCN(C)CC3)cccc12. The van der Waals surface area contributed by atoms with E-state index in [0.717, 1.165) is 60.0 Å². The molecular formula is C35H38FN7O4S. The number of rotatable bonds is 11. The van der Waals surface area contributed by atoms with E-state index in [2.05, 4.69) is 42.4 Å². The van der Waals surface area contributed by atoms with Gasteiger partial charge in [0.1, 0.15) is 10.9 Å². The molecule has 13 heteroatoms. The molecule has 3 heterocycles. The highest BCUT2D eigenvalue weighted by Crippen LogP contribution is 2.34. The summed E-state index contributed by atoms with van der Waals surface area (Å²) in [4.78, 5) is 30.2. The number of benzene rings is 3. The minimum atomic E-state index is -3.77. The van der Waals surface area contributed by atoms with Crippen molar-refractivity contribution in [1.29, 1.82) is 0 Å². The predicted octanol–water partition coefficient (Wildman–Crippen LogP) is 4.99. The first-order chi connectivity index (χ1) is 23.1. The summed E-state index contributed by atoms with van der Waals surface area (Å²) in [6.45, 7) is 5.77. The fraction of sp³-hybridized carbons (Fsp3) is 0.286. The Balaban J connectivity index is 1.24. The van der Waals surface area contributed by atoms with Crippen molar-refractivity contribution in [3.63, 3.8) is 0 Å². The summed E-state index contributed by atoms with van der Waals surface area (Å²) in [5, 5.41) is 6.79. The van der Waals surface area contributed by atoms with E-state index < -0.39 is 26.6 Å². The number of aromatic amines is 1. The second kappa shape index (κ2) is 14.2. The summed E-state index contributed by atoms with van der Waals surface area (Å²) in [7, 11) is -1.69. The van der Waals surface area contributed by atoms with Gasteiger partial charge in [-0.15, -0.1) is 0 Å². The average Bonchev–Trinajstić information content (AvgIpc) is 3.50. The lowest BCUT2D eigenvalue weighted by atomic mass is 10.1. The summed E-state index contributed by atoms with van der Waals surface area (Å²) in [5.41, 5.74) is 4.46. The molecule has 0 spiro atoms. The van der Waals surface area contributed by atoms with Gasteiger partial charge in [-0.2, -0.15) is 0 Å². The summed E-state index contributed by atoms with van der Waals surface area (Å²) in [6.07, 6.45) is 4.38. The Morgan fingerprint density at radius 1 is 1.02 bits per heavy atom. The molecule has 1 fully saturated rings. The number of hydrogen-bond acceptors (Lipinski definition) is 9. The van der Waals surface area contributed by atoms with Crippen LogP contribution in [0.3, 0.4) is 0 Å². The number of carbonyl (C=O) groups excluding carboxylic acids is 1. The standard InChI is InChI=1S/C35H38FN7O4S/c1-23-19-38-35(40-27-12-8-14-30(31(27)36)48(3,45)46)41-32(23)26-20-37-33-25(26)11-7-13-28(33)39-34(44)29(43-17-15-42(2)16-18-43)22-47-21-24-9-5-4-6-10-24/h4-14,19-20,29,37H,15-18,21-22H2,1-3H3,(H,39,44)(H,38,40,41). The Labute approximate surface area is 279 Å². The first-order valence-electron chi connectivity index (χ1n) is 15.6. The summed E-state index contributed by atoms with van der Waals surface area (Å²) in [6, 6.07) is 19.2. The van der Waals surface area contributed by atoms with Crippen LogP contribution in [0.2, 0.25) is 0 Å². The first kappa shape index (κ1) is 33.2. The molecule has 0 aliphatic carbocycles. The van der Waals surface area contributed by atoms with Crippen LogP contribution in [0.5, 0.6) is 0 Å². The Hall–Kier alpha value is -4.69. The highest BCUT2D eigenvalue weighted by molar-refractivity contribution is 7.90. The maximum Gasteiger partial charge on any atom is 0.244 e. The molecule has 5 aromatic rings. The largest absolute Gasteiger partial charge is 0.375 e. The highest BCUT2D eigenvalue weighted by atomic mass is 32.2. The quantitative estimate of drug-likeness (QED) is 0.178. The zero-order valence-electron chi connectivity index (χ0n) is 27.0. The van der Waals surface area contributed by atoms with Gasteiger partial charge in [0.15, 0.2) is 15.7 Å². The molecule has 1 amide bonds. The lowest BCUT2D eigenvalue weighted by Gasteiger charge is -2.37. The molecule has 48 heavy (non-hydrogen) atoms. The summed E-state index contributed by atoms with van der Waals surface area (Å²) in [5.74, 6) is -0.956. The normalized spacial score (nSPS) is 15.0. The van der Waals surface area contributed by atoms with E-state index in [-0.39, 0.29) is 24.1 Å². The van der Waals surface area contributed by atoms with Gasteiger partial charge in [0.25, 0.3) is 0 Å². The van der Waals surface area contributed by atoms with Gasteiger partial charge in [-0.1, -0.05) is 48.5 Å². The fourth-order valence-corrected chi connectivity index (χ4v) is 6.56. The van der Waals surface area contributed by atoms with Crippen LogP contribution in [0, 0.1) is 12.7 Å². The van der Waals surface area contributed by atoms with Crippen LogP contribution >= 0.6 is 0 Å². The number of nitrogens with zero attached hydrogens (tertiary/aromatic N) is 4. The van der Waals surface area contributed by atoms with Crippen LogP contribution in [-0.2, 0) is 26.0 Å². The van der Waals surface area contributed by atoms with E-state index in [9.17, 15) is 13.2 Å². The Bertz CT molecular complexity index is 2030. The second-order valence-corrected chi connectivity index (χ2v) is 14.0. The van der Waals surface area contributed by atoms with E-state index in [1.165, 1.54) is 18.2 Å². The van der Waals surface area contributed by atoms with Crippen LogP contribution in [0.25, 0.3) is 22.2 Å². The lowest BCUT2D eigenvalue weighted by Crippen LogP contribution is -2.54. The molecule has 1 aliphatic rings. The number of sulfone groups is 1. The van der Waals surface area contributed by atoms with Crippen LogP contribution in [0.1, 0.15) is 11.1 Å². The topological polar surface area (TPSA) is 133 Å². The number of piperazine rings is 1. The van der Waals surface area contributed by atoms with E-state index in [1.54, 1.807) is 6.20 Å². The Morgan fingerprint density at radius 2 is 1.75 bits per heavy atom. The number of anilines is 3. The van der Waals surface area contributed by atoms with Crippen molar-refractivity contribution in [2.24, 2.45) is 0 Å². The number of ether oxygens (including phenoxy) is 1. The van der Waals surface area contributed by atoms with E-state index >= 15 is 4.39 Å². The number of carbonyl (C=O) groups is 1. The molecule has 1 unspecified atom stereocenters. The Kier molecular flexibility index (Phi) is 9.83. The monoisotopic (exact) mass is 671 g/mol. The van der Waals surface area contributed by atoms with Gasteiger partial charge in [0.2, 0.25) is 11.9 Å². The maximum absolute atomic E-state index is 15.1. The number of halogens is 1. The third-order valence-electron chi connectivity index (χ3n) is 8.48. The maximum atomic E-state index is 15.1. The number of aryl methyl sites for hydroxylation is 1. The number of para-hydroxylation sites is 1. The lowest BCUT2D eigenvalue weighted by molar-refractivity contribution is -0.124. The molecule has 250 valence electrons. The molecule has 6 rings (SSSR count). The number of likely N-dealkylation sites (N-methyl/N-ethyl adjacent to an activating group) is 1. The molecule has 11 nitrogen and oxygen atoms in total. The number of hydrogen-bond donors (Lipinski definition) is 3. The third-order valence-corrected chi connectivity index (χ3v) is 9.59. The molecule has 2 aromatic heterocycles. The minimum Gasteiger partial charge on any atom is -0.375 e. The highest BCUT2D eigenvalue weighted by Gasteiger charge is 2.29. The summed E-state index contributed by atoms with van der Waals surface area (Å²) < 4.78 is 45.2. The van der Waals surface area contributed by atoms with Crippen molar-refractivity contribution in [3.05, 3.63) is 96.1 Å². The van der Waals surface area contributed by atoms with Crippen molar-refractivity contribution < 1.29 is 22.3 Å². The van der Waals surface area contributed by atoms with Crippen molar-refractivity contribution >= 4 is 44.0 Å². The molecule has 0 bridgehead atoms. The molecular weight excluding hydrogens is 633 g/mol. The number of amides is 1. The predicted molar refractivity (Wildman–Crippen MR) is 184 cm³/mol. The molecule has 3 N–H and O–H groups in total. The van der Waals surface area contributed by atoms with E-state index in [4.69, 9.17) is 4.74 Å². The van der Waals surface area contributed by atoms with Crippen LogP contribution in [0.4, 0.5) is 21.7 Å². The van der Waals surface area contributed by atoms with E-state index in [0.29, 0.717) is 18.0 Å². The molecule has 1 aliphatic heterocycles. The first-order valence-corrected chi connectivity index (χ1v) is 17.5. The van der Waals surface area contributed by atoms with Crippen LogP contribution < -0.4 is 10.6 Å². The third kappa shape index (κ3) is 7.39. The van der Waals surface area contributed by atoms with Crippen molar-refractivity contribution in [2.75, 3.05) is 56.7 Å². The number of aromatic nitrogens is 3. The van der Waals surface area contributed by atoms with Gasteiger partial charge in [0, 0.05) is 55.8 Å². The molecule has 3 aromatic carbocycles. The second-order valence-electron chi connectivity index (χ2n) is 12.0. The zero-order valence-corrected chi connectivity index (χ0v) is 27.9. The molecule has 1 saturated heterocycles. The van der Waals surface area contributed by atoms with Crippen LogP contribution in [0.15, 0.2) is 84.0 Å². The van der Waals surface area contributed by atoms with Gasteiger partial charge < -0.3 is 25.3 Å². The van der Waals surface area contributed by atoms with Gasteiger partial charge in [-0.05, 0) is 43.3 Å². The zero-order chi connectivity index (χ0) is 33.8. The van der Waals surface area contributed by atoms with Crippen molar-refractivity contribution in [1.82, 2.24) is 24.8 Å². The van der Waals surface area contributed by atoms with Gasteiger partial charge in [0.05, 0.1) is 35.8 Å². The molecule has 0 radical (unpaired) electrons. The average molecular weight is 672 g/mol. The Morgan fingerprint density at radius 3 is 2.50 bits per heavy atom. The number of fused-ring (bicyclic) bond motifs is 1. The van der Waals surface area contributed by atoms with Crippen molar-refractivity contribution in [3.8, 4) is 11.3 Å². The molecule has 1 atom stereocenters. The fourth-order valence-electron chi connectivity index (χ4n) is 5.80. The minimum absolute atomic E-state index is 0.0562. The number of H-pyrrole nitrogens is 1.